The zero-order chi connectivity index (χ0) is 10.2. The highest BCUT2D eigenvalue weighted by Gasteiger charge is 2.33. The zero-order valence-corrected chi connectivity index (χ0v) is 9.56. The third kappa shape index (κ3) is 2.00. The van der Waals surface area contributed by atoms with Crippen LogP contribution in [-0.2, 0) is 11.2 Å². The minimum Gasteiger partial charge on any atom is -0.454 e. The molecular weight excluding hydrogens is 246 g/mol. The van der Waals surface area contributed by atoms with Crippen LogP contribution in [0.1, 0.15) is 25.5 Å². The van der Waals surface area contributed by atoms with Gasteiger partial charge in [-0.1, -0.05) is 0 Å². The number of halogens is 1. The maximum atomic E-state index is 11.1. The molecule has 1 amide bonds. The topological polar surface area (TPSA) is 42.2 Å². The summed E-state index contributed by atoms with van der Waals surface area (Å²) >= 11 is 3.26. The third-order valence-corrected chi connectivity index (χ3v) is 2.96. The number of carbonyl (C=O) groups excluding carboxylic acids is 1. The minimum absolute atomic E-state index is 0.131. The Morgan fingerprint density at radius 1 is 1.64 bits per heavy atom. The fourth-order valence-electron chi connectivity index (χ4n) is 1.81. The predicted octanol–water partition coefficient (Wildman–Crippen LogP) is 2.25. The van der Waals surface area contributed by atoms with Crippen LogP contribution >= 0.6 is 15.9 Å². The van der Waals surface area contributed by atoms with E-state index in [9.17, 15) is 4.79 Å². The van der Waals surface area contributed by atoms with Crippen molar-refractivity contribution in [3.8, 4) is 0 Å². The Labute approximate surface area is 91.0 Å². The fraction of sp³-hybridized carbons (Fsp3) is 0.500. The van der Waals surface area contributed by atoms with Gasteiger partial charge in [-0.05, 0) is 41.4 Å². The van der Waals surface area contributed by atoms with E-state index in [0.29, 0.717) is 6.42 Å². The number of rotatable bonds is 2. The third-order valence-electron chi connectivity index (χ3n) is 2.54. The van der Waals surface area contributed by atoms with Crippen molar-refractivity contribution in [1.82, 2.24) is 5.32 Å². The van der Waals surface area contributed by atoms with Gasteiger partial charge in [0.25, 0.3) is 0 Å². The number of nitrogens with one attached hydrogen (secondary N) is 1. The summed E-state index contributed by atoms with van der Waals surface area (Å²) in [6, 6.07) is 3.80. The van der Waals surface area contributed by atoms with Crippen LogP contribution in [0.5, 0.6) is 0 Å². The van der Waals surface area contributed by atoms with Crippen LogP contribution in [0.2, 0.25) is 0 Å². The molecule has 76 valence electrons. The molecule has 14 heavy (non-hydrogen) atoms. The normalized spacial score (nSPS) is 26.6. The summed E-state index contributed by atoms with van der Waals surface area (Å²) in [5.41, 5.74) is -0.131. The van der Waals surface area contributed by atoms with Gasteiger partial charge in [0.1, 0.15) is 5.76 Å². The molecule has 1 unspecified atom stereocenters. The van der Waals surface area contributed by atoms with E-state index in [0.717, 1.165) is 23.3 Å². The molecule has 0 aliphatic carbocycles. The van der Waals surface area contributed by atoms with Gasteiger partial charge in [-0.25, -0.2) is 0 Å². The Balaban J connectivity index is 2.07. The molecule has 0 radical (unpaired) electrons. The molecule has 0 spiro atoms. The predicted molar refractivity (Wildman–Crippen MR) is 55.9 cm³/mol. The lowest BCUT2D eigenvalue weighted by molar-refractivity contribution is -0.119. The fourth-order valence-corrected chi connectivity index (χ4v) is 2.15. The number of furan rings is 1. The van der Waals surface area contributed by atoms with Gasteiger partial charge in [-0.15, -0.1) is 0 Å². The first-order valence-electron chi connectivity index (χ1n) is 4.63. The molecule has 1 aromatic rings. The lowest BCUT2D eigenvalue weighted by Crippen LogP contribution is -2.40. The van der Waals surface area contributed by atoms with E-state index in [1.54, 1.807) is 0 Å². The second-order valence-electron chi connectivity index (χ2n) is 3.99. The SMILES string of the molecule is CC1(Cc2ccc(Br)o2)CCC(=O)N1. The maximum absolute atomic E-state index is 11.1. The summed E-state index contributed by atoms with van der Waals surface area (Å²) in [5.74, 6) is 1.04. The molecule has 1 fully saturated rings. The van der Waals surface area contributed by atoms with Gasteiger partial charge in [0, 0.05) is 18.4 Å². The number of carbonyl (C=O) groups is 1. The summed E-state index contributed by atoms with van der Waals surface area (Å²) < 4.78 is 6.15. The molecule has 2 heterocycles. The van der Waals surface area contributed by atoms with Gasteiger partial charge >= 0.3 is 0 Å². The summed E-state index contributed by atoms with van der Waals surface area (Å²) in [4.78, 5) is 11.1. The molecule has 0 saturated carbocycles. The highest BCUT2D eigenvalue weighted by molar-refractivity contribution is 9.10. The van der Waals surface area contributed by atoms with Crippen molar-refractivity contribution in [2.24, 2.45) is 0 Å². The van der Waals surface area contributed by atoms with E-state index in [1.807, 2.05) is 19.1 Å². The second kappa shape index (κ2) is 3.42. The van der Waals surface area contributed by atoms with Gasteiger partial charge in [-0.3, -0.25) is 4.79 Å². The van der Waals surface area contributed by atoms with E-state index >= 15 is 0 Å². The van der Waals surface area contributed by atoms with Crippen molar-refractivity contribution >= 4 is 21.8 Å². The van der Waals surface area contributed by atoms with E-state index in [1.165, 1.54) is 0 Å². The van der Waals surface area contributed by atoms with Crippen LogP contribution < -0.4 is 5.32 Å². The van der Waals surface area contributed by atoms with Crippen LogP contribution in [0.25, 0.3) is 0 Å². The van der Waals surface area contributed by atoms with Crippen LogP contribution in [0.4, 0.5) is 0 Å². The standard InChI is InChI=1S/C10H12BrNO2/c1-10(5-4-9(13)12-10)6-7-2-3-8(11)14-7/h2-3H,4-6H2,1H3,(H,12,13). The van der Waals surface area contributed by atoms with Gasteiger partial charge < -0.3 is 9.73 Å². The quantitative estimate of drug-likeness (QED) is 0.884. The second-order valence-corrected chi connectivity index (χ2v) is 4.77. The van der Waals surface area contributed by atoms with Crippen LogP contribution in [0, 0.1) is 0 Å². The first kappa shape index (κ1) is 9.77. The Hall–Kier alpha value is -0.770. The van der Waals surface area contributed by atoms with Crippen molar-refractivity contribution in [3.63, 3.8) is 0 Å². The van der Waals surface area contributed by atoms with Crippen molar-refractivity contribution in [3.05, 3.63) is 22.6 Å². The van der Waals surface area contributed by atoms with Gasteiger partial charge in [-0.2, -0.15) is 0 Å². The lowest BCUT2D eigenvalue weighted by Gasteiger charge is -2.22. The monoisotopic (exact) mass is 257 g/mol. The average molecular weight is 258 g/mol. The maximum Gasteiger partial charge on any atom is 0.220 e. The lowest BCUT2D eigenvalue weighted by atomic mass is 9.95. The summed E-state index contributed by atoms with van der Waals surface area (Å²) in [6.45, 7) is 2.05. The summed E-state index contributed by atoms with van der Waals surface area (Å²) in [7, 11) is 0. The van der Waals surface area contributed by atoms with Crippen molar-refractivity contribution in [1.29, 1.82) is 0 Å². The molecule has 4 heteroatoms. The van der Waals surface area contributed by atoms with Crippen LogP contribution in [-0.4, -0.2) is 11.4 Å². The molecule has 3 nitrogen and oxygen atoms in total. The molecule has 0 aromatic carbocycles. The first-order valence-corrected chi connectivity index (χ1v) is 5.42. The van der Waals surface area contributed by atoms with E-state index in [4.69, 9.17) is 4.42 Å². The average Bonchev–Trinajstić information content (AvgIpc) is 2.60. The molecule has 1 atom stereocenters. The number of amides is 1. The molecule has 2 rings (SSSR count). The largest absolute Gasteiger partial charge is 0.454 e. The number of hydrogen-bond donors (Lipinski definition) is 1. The highest BCUT2D eigenvalue weighted by Crippen LogP contribution is 2.26. The summed E-state index contributed by atoms with van der Waals surface area (Å²) in [6.07, 6.45) is 2.26. The van der Waals surface area contributed by atoms with Crippen molar-refractivity contribution < 1.29 is 9.21 Å². The molecule has 0 bridgehead atoms. The van der Waals surface area contributed by atoms with Gasteiger partial charge in [0.05, 0.1) is 0 Å². The van der Waals surface area contributed by atoms with Crippen LogP contribution in [0.3, 0.4) is 0 Å². The molecule has 1 N–H and O–H groups in total. The smallest absolute Gasteiger partial charge is 0.220 e. The molecule has 1 aliphatic heterocycles. The Morgan fingerprint density at radius 2 is 2.43 bits per heavy atom. The summed E-state index contributed by atoms with van der Waals surface area (Å²) in [5, 5.41) is 2.97. The van der Waals surface area contributed by atoms with Gasteiger partial charge in [0.2, 0.25) is 5.91 Å². The molecule has 1 aromatic heterocycles. The molecule has 1 saturated heterocycles. The first-order chi connectivity index (χ1) is 6.57. The molecule has 1 aliphatic rings. The molecular formula is C10H12BrNO2. The minimum atomic E-state index is -0.131. The van der Waals surface area contributed by atoms with Gasteiger partial charge in [0.15, 0.2) is 4.67 Å². The van der Waals surface area contributed by atoms with E-state index < -0.39 is 0 Å². The Bertz CT molecular complexity index is 361. The van der Waals surface area contributed by atoms with Crippen molar-refractivity contribution in [2.75, 3.05) is 0 Å². The Morgan fingerprint density at radius 3 is 2.93 bits per heavy atom. The van der Waals surface area contributed by atoms with E-state index in [2.05, 4.69) is 21.2 Å². The zero-order valence-electron chi connectivity index (χ0n) is 7.97. The van der Waals surface area contributed by atoms with E-state index in [-0.39, 0.29) is 11.4 Å². The Kier molecular flexibility index (Phi) is 2.39. The number of hydrogen-bond acceptors (Lipinski definition) is 2. The van der Waals surface area contributed by atoms with Crippen LogP contribution in [0.15, 0.2) is 21.2 Å². The van der Waals surface area contributed by atoms with Crippen molar-refractivity contribution in [2.45, 2.75) is 31.7 Å². The highest BCUT2D eigenvalue weighted by atomic mass is 79.9.